The van der Waals surface area contributed by atoms with Crippen molar-refractivity contribution in [3.05, 3.63) is 11.9 Å². The lowest BCUT2D eigenvalue weighted by Gasteiger charge is -1.76. The van der Waals surface area contributed by atoms with Crippen LogP contribution in [0.2, 0.25) is 0 Å². The molecule has 0 fully saturated rings. The molecule has 52 valence electrons. The molecule has 1 aromatic heterocycles. The standard InChI is InChI=1S/C6H6N2O2/c9-3-1-2-5-4-7-6(10)8-5/h4,9H,3H2,(H2,7,8,10). The van der Waals surface area contributed by atoms with Gasteiger partial charge in [0.25, 0.3) is 6.01 Å². The Balaban J connectivity index is 2.76. The zero-order valence-corrected chi connectivity index (χ0v) is 5.13. The summed E-state index contributed by atoms with van der Waals surface area (Å²) >= 11 is 0. The average molecular weight is 138 g/mol. The van der Waals surface area contributed by atoms with Crippen LogP contribution < -0.4 is 0 Å². The van der Waals surface area contributed by atoms with E-state index in [-0.39, 0.29) is 12.6 Å². The molecule has 1 heterocycles. The van der Waals surface area contributed by atoms with Gasteiger partial charge in [-0.25, -0.2) is 4.98 Å². The maximum Gasteiger partial charge on any atom is 0.291 e. The number of H-pyrrole nitrogens is 1. The Morgan fingerprint density at radius 1 is 1.70 bits per heavy atom. The summed E-state index contributed by atoms with van der Waals surface area (Å²) in [7, 11) is 0. The summed E-state index contributed by atoms with van der Waals surface area (Å²) < 4.78 is 0. The van der Waals surface area contributed by atoms with Crippen molar-refractivity contribution in [1.29, 1.82) is 0 Å². The van der Waals surface area contributed by atoms with Gasteiger partial charge in [0.15, 0.2) is 0 Å². The summed E-state index contributed by atoms with van der Waals surface area (Å²) in [5.41, 5.74) is 0.492. The molecule has 0 bridgehead atoms. The highest BCUT2D eigenvalue weighted by molar-refractivity contribution is 5.26. The van der Waals surface area contributed by atoms with Gasteiger partial charge in [-0.15, -0.1) is 0 Å². The van der Waals surface area contributed by atoms with Crippen molar-refractivity contribution in [3.63, 3.8) is 0 Å². The monoisotopic (exact) mass is 138 g/mol. The predicted octanol–water partition coefficient (Wildman–Crippen LogP) is -0.541. The number of aliphatic hydroxyl groups is 1. The first-order valence-corrected chi connectivity index (χ1v) is 2.66. The van der Waals surface area contributed by atoms with Crippen molar-refractivity contribution in [2.75, 3.05) is 6.61 Å². The van der Waals surface area contributed by atoms with E-state index in [1.54, 1.807) is 0 Å². The van der Waals surface area contributed by atoms with Crippen LogP contribution in [0.3, 0.4) is 0 Å². The van der Waals surface area contributed by atoms with E-state index in [1.165, 1.54) is 6.20 Å². The number of aromatic amines is 1. The number of nitrogens with zero attached hydrogens (tertiary/aromatic N) is 1. The Kier molecular flexibility index (Phi) is 1.92. The van der Waals surface area contributed by atoms with Gasteiger partial charge in [-0.2, -0.15) is 0 Å². The van der Waals surface area contributed by atoms with Crippen LogP contribution in [-0.4, -0.2) is 26.8 Å². The van der Waals surface area contributed by atoms with E-state index in [2.05, 4.69) is 21.8 Å². The van der Waals surface area contributed by atoms with Gasteiger partial charge in [-0.3, -0.25) is 0 Å². The third-order valence-corrected chi connectivity index (χ3v) is 0.865. The molecule has 10 heavy (non-hydrogen) atoms. The van der Waals surface area contributed by atoms with Gasteiger partial charge in [-0.05, 0) is 5.92 Å². The maximum atomic E-state index is 8.66. The maximum absolute atomic E-state index is 8.66. The molecule has 3 N–H and O–H groups in total. The minimum absolute atomic E-state index is 0.165. The second-order valence-corrected chi connectivity index (χ2v) is 1.58. The van der Waals surface area contributed by atoms with Crippen molar-refractivity contribution >= 4 is 0 Å². The van der Waals surface area contributed by atoms with Crippen molar-refractivity contribution in [2.24, 2.45) is 0 Å². The number of hydrogen-bond acceptors (Lipinski definition) is 3. The SMILES string of the molecule is OCC#Cc1cnc(O)[nH]1. The molecule has 0 saturated carbocycles. The summed E-state index contributed by atoms with van der Waals surface area (Å²) in [6, 6.07) is -0.165. The van der Waals surface area contributed by atoms with Gasteiger partial charge in [0, 0.05) is 0 Å². The Morgan fingerprint density at radius 2 is 2.50 bits per heavy atom. The van der Waals surface area contributed by atoms with E-state index in [0.717, 1.165) is 0 Å². The number of imidazole rings is 1. The van der Waals surface area contributed by atoms with Crippen LogP contribution in [0.15, 0.2) is 6.20 Å². The van der Waals surface area contributed by atoms with Crippen LogP contribution in [0.25, 0.3) is 0 Å². The van der Waals surface area contributed by atoms with Gasteiger partial charge >= 0.3 is 0 Å². The molecule has 0 aliphatic heterocycles. The van der Waals surface area contributed by atoms with E-state index < -0.39 is 0 Å². The van der Waals surface area contributed by atoms with Gasteiger partial charge in [-0.1, -0.05) is 5.92 Å². The number of aromatic nitrogens is 2. The Morgan fingerprint density at radius 3 is 3.00 bits per heavy atom. The lowest BCUT2D eigenvalue weighted by Crippen LogP contribution is -1.74. The summed E-state index contributed by atoms with van der Waals surface area (Å²) in [4.78, 5) is 5.96. The Labute approximate surface area is 57.5 Å². The molecule has 4 nitrogen and oxygen atoms in total. The quantitative estimate of drug-likeness (QED) is 0.422. The molecule has 1 aromatic rings. The molecule has 0 radical (unpaired) electrons. The smallest absolute Gasteiger partial charge is 0.291 e. The summed E-state index contributed by atoms with van der Waals surface area (Å²) in [5.74, 6) is 4.94. The van der Waals surface area contributed by atoms with Crippen molar-refractivity contribution < 1.29 is 10.2 Å². The topological polar surface area (TPSA) is 69.1 Å². The minimum Gasteiger partial charge on any atom is -0.480 e. The van der Waals surface area contributed by atoms with E-state index in [1.807, 2.05) is 0 Å². The molecule has 0 aliphatic carbocycles. The number of aliphatic hydroxyl groups excluding tert-OH is 1. The van der Waals surface area contributed by atoms with Crippen LogP contribution in [0, 0.1) is 11.8 Å². The fraction of sp³-hybridized carbons (Fsp3) is 0.167. The first-order chi connectivity index (χ1) is 4.83. The highest BCUT2D eigenvalue weighted by atomic mass is 16.3. The molecular weight excluding hydrogens is 132 g/mol. The third-order valence-electron chi connectivity index (χ3n) is 0.865. The van der Waals surface area contributed by atoms with Crippen LogP contribution in [0.1, 0.15) is 5.69 Å². The van der Waals surface area contributed by atoms with Crippen LogP contribution in [-0.2, 0) is 0 Å². The average Bonchev–Trinajstić information content (AvgIpc) is 2.31. The highest BCUT2D eigenvalue weighted by Crippen LogP contribution is 1.98. The molecule has 1 rings (SSSR count). The summed E-state index contributed by atoms with van der Waals surface area (Å²) in [6.45, 7) is -0.195. The van der Waals surface area contributed by atoms with Crippen LogP contribution >= 0.6 is 0 Å². The number of rotatable bonds is 0. The first kappa shape index (κ1) is 6.65. The zero-order valence-electron chi connectivity index (χ0n) is 5.13. The van der Waals surface area contributed by atoms with Gasteiger partial charge in [0.2, 0.25) is 0 Å². The first-order valence-electron chi connectivity index (χ1n) is 2.66. The van der Waals surface area contributed by atoms with Crippen LogP contribution in [0.5, 0.6) is 6.01 Å². The van der Waals surface area contributed by atoms with Gasteiger partial charge < -0.3 is 15.2 Å². The molecule has 4 heteroatoms. The largest absolute Gasteiger partial charge is 0.480 e. The predicted molar refractivity (Wildman–Crippen MR) is 34.2 cm³/mol. The number of hydrogen-bond donors (Lipinski definition) is 3. The van der Waals surface area contributed by atoms with E-state index >= 15 is 0 Å². The van der Waals surface area contributed by atoms with E-state index in [0.29, 0.717) is 5.69 Å². The zero-order chi connectivity index (χ0) is 7.40. The normalized spacial score (nSPS) is 8.50. The number of aromatic hydroxyl groups is 1. The van der Waals surface area contributed by atoms with Gasteiger partial charge in [0.1, 0.15) is 12.3 Å². The lowest BCUT2D eigenvalue weighted by molar-refractivity contribution is 0.350. The molecular formula is C6H6N2O2. The van der Waals surface area contributed by atoms with Crippen molar-refractivity contribution in [1.82, 2.24) is 9.97 Å². The summed E-state index contributed by atoms with van der Waals surface area (Å²) in [5, 5.41) is 16.9. The van der Waals surface area contributed by atoms with Gasteiger partial charge in [0.05, 0.1) is 6.20 Å². The molecule has 0 aliphatic rings. The molecule has 0 aromatic carbocycles. The Bertz CT molecular complexity index is 269. The third kappa shape index (κ3) is 1.50. The van der Waals surface area contributed by atoms with Crippen molar-refractivity contribution in [3.8, 4) is 17.9 Å². The lowest BCUT2D eigenvalue weighted by atomic mass is 10.5. The minimum atomic E-state index is -0.195. The fourth-order valence-corrected chi connectivity index (χ4v) is 0.509. The highest BCUT2D eigenvalue weighted by Gasteiger charge is 1.90. The van der Waals surface area contributed by atoms with E-state index in [4.69, 9.17) is 10.2 Å². The number of nitrogens with one attached hydrogen (secondary N) is 1. The molecule has 0 unspecified atom stereocenters. The molecule has 0 saturated heterocycles. The van der Waals surface area contributed by atoms with E-state index in [9.17, 15) is 0 Å². The van der Waals surface area contributed by atoms with Crippen LogP contribution in [0.4, 0.5) is 0 Å². The molecule has 0 spiro atoms. The second kappa shape index (κ2) is 2.90. The molecule has 0 atom stereocenters. The molecule has 0 amide bonds. The summed E-state index contributed by atoms with van der Waals surface area (Å²) in [6.07, 6.45) is 1.39. The second-order valence-electron chi connectivity index (χ2n) is 1.58. The van der Waals surface area contributed by atoms with Crippen molar-refractivity contribution in [2.45, 2.75) is 0 Å². The fourth-order valence-electron chi connectivity index (χ4n) is 0.509. The Hall–Kier alpha value is -1.47.